The summed E-state index contributed by atoms with van der Waals surface area (Å²) in [6, 6.07) is 0. The third-order valence-electron chi connectivity index (χ3n) is 2.58. The summed E-state index contributed by atoms with van der Waals surface area (Å²) in [7, 11) is 0. The van der Waals surface area contributed by atoms with Crippen LogP contribution in [0.3, 0.4) is 0 Å². The van der Waals surface area contributed by atoms with Gasteiger partial charge in [0.25, 0.3) is 0 Å². The normalized spacial score (nSPS) is 40.9. The van der Waals surface area contributed by atoms with Gasteiger partial charge in [0.2, 0.25) is 0 Å². The Morgan fingerprint density at radius 3 is 2.25 bits per heavy atom. The molecule has 1 aliphatic heterocycles. The van der Waals surface area contributed by atoms with Gasteiger partial charge in [0.1, 0.15) is 0 Å². The van der Waals surface area contributed by atoms with Crippen molar-refractivity contribution < 1.29 is 5.11 Å². The third kappa shape index (κ3) is 0.361. The second-order valence-electron chi connectivity index (χ2n) is 3.02. The maximum atomic E-state index is 9.18. The minimum Gasteiger partial charge on any atom is -0.392 e. The average Bonchev–Trinajstić information content (AvgIpc) is 1.58. The molecule has 0 amide bonds. The van der Waals surface area contributed by atoms with Crippen molar-refractivity contribution in [3.8, 4) is 0 Å². The highest BCUT2D eigenvalue weighted by Gasteiger charge is 2.49. The molecule has 0 aromatic heterocycles. The van der Waals surface area contributed by atoms with Gasteiger partial charge in [0.15, 0.2) is 0 Å². The van der Waals surface area contributed by atoms with Crippen LogP contribution in [0.4, 0.5) is 0 Å². The lowest BCUT2D eigenvalue weighted by Gasteiger charge is -2.53. The molecule has 2 rings (SSSR count). The first-order valence-electron chi connectivity index (χ1n) is 3.22. The summed E-state index contributed by atoms with van der Waals surface area (Å²) in [5.74, 6) is 0. The van der Waals surface area contributed by atoms with Crippen LogP contribution in [0.5, 0.6) is 0 Å². The zero-order valence-corrected chi connectivity index (χ0v) is 4.85. The Balaban J connectivity index is 2.03. The zero-order chi connectivity index (χ0) is 5.61. The molecule has 2 heteroatoms. The van der Waals surface area contributed by atoms with E-state index in [1.54, 1.807) is 0 Å². The van der Waals surface area contributed by atoms with Gasteiger partial charge in [-0.25, -0.2) is 0 Å². The standard InChI is InChI=1S/C6H11NO/c8-5-1-2-6(5)3-7-4-6/h5,7-8H,1-4H2/t5-/m0/s1. The van der Waals surface area contributed by atoms with Crippen molar-refractivity contribution in [3.63, 3.8) is 0 Å². The fourth-order valence-electron chi connectivity index (χ4n) is 1.54. The van der Waals surface area contributed by atoms with E-state index in [2.05, 4.69) is 5.32 Å². The van der Waals surface area contributed by atoms with Gasteiger partial charge in [-0.2, -0.15) is 0 Å². The molecule has 1 aliphatic carbocycles. The predicted octanol–water partition coefficient (Wildman–Crippen LogP) is -0.269. The summed E-state index contributed by atoms with van der Waals surface area (Å²) < 4.78 is 0. The van der Waals surface area contributed by atoms with Gasteiger partial charge >= 0.3 is 0 Å². The Bertz CT molecular complexity index is 104. The van der Waals surface area contributed by atoms with E-state index in [1.807, 2.05) is 0 Å². The minimum absolute atomic E-state index is 0.0174. The molecule has 0 bridgehead atoms. The zero-order valence-electron chi connectivity index (χ0n) is 4.85. The quantitative estimate of drug-likeness (QED) is 0.453. The van der Waals surface area contributed by atoms with Gasteiger partial charge in [-0.05, 0) is 12.8 Å². The summed E-state index contributed by atoms with van der Waals surface area (Å²) >= 11 is 0. The van der Waals surface area contributed by atoms with E-state index in [0.717, 1.165) is 19.5 Å². The molecule has 1 saturated heterocycles. The van der Waals surface area contributed by atoms with Crippen LogP contribution in [0.2, 0.25) is 0 Å². The van der Waals surface area contributed by atoms with Crippen molar-refractivity contribution in [2.24, 2.45) is 5.41 Å². The first-order chi connectivity index (χ1) is 3.83. The molecule has 0 radical (unpaired) electrons. The van der Waals surface area contributed by atoms with E-state index in [4.69, 9.17) is 0 Å². The Morgan fingerprint density at radius 2 is 2.25 bits per heavy atom. The minimum atomic E-state index is 0.0174. The van der Waals surface area contributed by atoms with Crippen molar-refractivity contribution in [3.05, 3.63) is 0 Å². The molecule has 1 heterocycles. The van der Waals surface area contributed by atoms with Crippen molar-refractivity contribution in [2.45, 2.75) is 18.9 Å². The Labute approximate surface area is 48.9 Å². The first kappa shape index (κ1) is 4.77. The summed E-state index contributed by atoms with van der Waals surface area (Å²) in [4.78, 5) is 0. The second-order valence-corrected chi connectivity index (χ2v) is 3.02. The van der Waals surface area contributed by atoms with E-state index < -0.39 is 0 Å². The van der Waals surface area contributed by atoms with Crippen molar-refractivity contribution in [2.75, 3.05) is 13.1 Å². The van der Waals surface area contributed by atoms with Crippen LogP contribution in [0, 0.1) is 5.41 Å². The van der Waals surface area contributed by atoms with Gasteiger partial charge < -0.3 is 10.4 Å². The van der Waals surface area contributed by atoms with Crippen LogP contribution in [-0.4, -0.2) is 24.3 Å². The number of hydrogen-bond donors (Lipinski definition) is 2. The van der Waals surface area contributed by atoms with E-state index in [1.165, 1.54) is 6.42 Å². The topological polar surface area (TPSA) is 32.3 Å². The SMILES string of the molecule is O[C@H]1CCC12CNC2. The number of hydrogen-bond acceptors (Lipinski definition) is 2. The smallest absolute Gasteiger partial charge is 0.0621 e. The molecule has 2 fully saturated rings. The van der Waals surface area contributed by atoms with Crippen LogP contribution in [-0.2, 0) is 0 Å². The van der Waals surface area contributed by atoms with E-state index in [9.17, 15) is 5.11 Å². The molecular formula is C6H11NO. The van der Waals surface area contributed by atoms with Gasteiger partial charge in [0.05, 0.1) is 6.10 Å². The summed E-state index contributed by atoms with van der Waals surface area (Å²) in [6.07, 6.45) is 2.28. The maximum Gasteiger partial charge on any atom is 0.0621 e. The maximum absolute atomic E-state index is 9.18. The Hall–Kier alpha value is -0.0800. The van der Waals surface area contributed by atoms with E-state index in [-0.39, 0.29) is 6.10 Å². The van der Waals surface area contributed by atoms with Crippen LogP contribution in [0.25, 0.3) is 0 Å². The van der Waals surface area contributed by atoms with E-state index in [0.29, 0.717) is 5.41 Å². The molecule has 0 unspecified atom stereocenters. The lowest BCUT2D eigenvalue weighted by Crippen LogP contribution is -2.65. The van der Waals surface area contributed by atoms with Gasteiger partial charge in [-0.15, -0.1) is 0 Å². The molecule has 2 nitrogen and oxygen atoms in total. The van der Waals surface area contributed by atoms with Gasteiger partial charge in [-0.3, -0.25) is 0 Å². The van der Waals surface area contributed by atoms with Crippen LogP contribution >= 0.6 is 0 Å². The molecule has 1 saturated carbocycles. The largest absolute Gasteiger partial charge is 0.392 e. The van der Waals surface area contributed by atoms with Gasteiger partial charge in [-0.1, -0.05) is 0 Å². The highest BCUT2D eigenvalue weighted by atomic mass is 16.3. The summed E-state index contributed by atoms with van der Waals surface area (Å²) in [6.45, 7) is 2.10. The third-order valence-corrected chi connectivity index (χ3v) is 2.58. The van der Waals surface area contributed by atoms with Gasteiger partial charge in [0, 0.05) is 18.5 Å². The van der Waals surface area contributed by atoms with Crippen LogP contribution < -0.4 is 5.32 Å². The van der Waals surface area contributed by atoms with Crippen LogP contribution in [0.1, 0.15) is 12.8 Å². The molecule has 1 spiro atoms. The average molecular weight is 113 g/mol. The van der Waals surface area contributed by atoms with Crippen molar-refractivity contribution in [1.82, 2.24) is 5.32 Å². The highest BCUT2D eigenvalue weighted by Crippen LogP contribution is 2.43. The molecule has 8 heavy (non-hydrogen) atoms. The second kappa shape index (κ2) is 1.25. The van der Waals surface area contributed by atoms with Crippen molar-refractivity contribution in [1.29, 1.82) is 0 Å². The Kier molecular flexibility index (Phi) is 0.746. The number of aliphatic hydroxyl groups excluding tert-OH is 1. The molecule has 0 aromatic rings. The fraction of sp³-hybridized carbons (Fsp3) is 1.00. The van der Waals surface area contributed by atoms with Crippen molar-refractivity contribution >= 4 is 0 Å². The number of aliphatic hydroxyl groups is 1. The lowest BCUT2D eigenvalue weighted by molar-refractivity contribution is -0.0967. The molecule has 1 atom stereocenters. The van der Waals surface area contributed by atoms with Crippen LogP contribution in [0.15, 0.2) is 0 Å². The molecule has 2 aliphatic rings. The molecule has 46 valence electrons. The Morgan fingerprint density at radius 1 is 1.50 bits per heavy atom. The lowest BCUT2D eigenvalue weighted by atomic mass is 9.62. The number of nitrogens with one attached hydrogen (secondary N) is 1. The highest BCUT2D eigenvalue weighted by molar-refractivity contribution is 5.04. The molecular weight excluding hydrogens is 102 g/mol. The monoisotopic (exact) mass is 113 g/mol. The summed E-state index contributed by atoms with van der Waals surface area (Å²) in [5.41, 5.74) is 0.347. The number of rotatable bonds is 0. The summed E-state index contributed by atoms with van der Waals surface area (Å²) in [5, 5.41) is 12.4. The molecule has 2 N–H and O–H groups in total. The predicted molar refractivity (Wildman–Crippen MR) is 30.5 cm³/mol. The first-order valence-corrected chi connectivity index (χ1v) is 3.22. The van der Waals surface area contributed by atoms with E-state index >= 15 is 0 Å². The molecule has 0 aromatic carbocycles. The fourth-order valence-corrected chi connectivity index (χ4v) is 1.54.